The van der Waals surface area contributed by atoms with Crippen molar-refractivity contribution in [1.82, 2.24) is 0 Å². The van der Waals surface area contributed by atoms with Crippen molar-refractivity contribution in [2.45, 2.75) is 26.7 Å². The van der Waals surface area contributed by atoms with E-state index < -0.39 is 0 Å². The summed E-state index contributed by atoms with van der Waals surface area (Å²) < 4.78 is 0. The topological polar surface area (TPSA) is 20.3 Å². The molecule has 2 rings (SSSR count). The number of nitrogens with zero attached hydrogens (tertiary/aromatic N) is 1. The van der Waals surface area contributed by atoms with Crippen molar-refractivity contribution >= 4 is 11.6 Å². The molecule has 0 unspecified atom stereocenters. The normalized spacial score (nSPS) is 15.6. The molecule has 0 N–H and O–H groups in total. The molecule has 0 bridgehead atoms. The monoisotopic (exact) mass is 189 g/mol. The molecule has 0 spiro atoms. The van der Waals surface area contributed by atoms with Gasteiger partial charge in [-0.25, -0.2) is 0 Å². The number of carbonyl (C=O) groups excluding carboxylic acids is 1. The predicted molar refractivity (Wildman–Crippen MR) is 57.6 cm³/mol. The maximum atomic E-state index is 11.5. The van der Waals surface area contributed by atoms with Gasteiger partial charge in [-0.05, 0) is 43.0 Å². The Balaban J connectivity index is 2.59. The zero-order valence-corrected chi connectivity index (χ0v) is 8.92. The molecule has 1 amide bonds. The number of benzene rings is 1. The second-order valence-electron chi connectivity index (χ2n) is 3.96. The molecule has 0 fully saturated rings. The van der Waals surface area contributed by atoms with E-state index in [1.54, 1.807) is 4.90 Å². The Labute approximate surface area is 84.5 Å². The summed E-state index contributed by atoms with van der Waals surface area (Å²) in [5.74, 6) is 0.223. The Morgan fingerprint density at radius 2 is 1.93 bits per heavy atom. The van der Waals surface area contributed by atoms with Crippen LogP contribution in [0.2, 0.25) is 0 Å². The Morgan fingerprint density at radius 3 is 2.64 bits per heavy atom. The van der Waals surface area contributed by atoms with E-state index in [1.807, 2.05) is 7.05 Å². The summed E-state index contributed by atoms with van der Waals surface area (Å²) in [6.45, 7) is 4.25. The molecule has 0 saturated carbocycles. The number of carbonyl (C=O) groups is 1. The first kappa shape index (κ1) is 9.25. The summed E-state index contributed by atoms with van der Waals surface area (Å²) in [6, 6.07) is 4.14. The van der Waals surface area contributed by atoms with E-state index in [-0.39, 0.29) is 5.91 Å². The van der Waals surface area contributed by atoms with Crippen molar-refractivity contribution in [3.63, 3.8) is 0 Å². The van der Waals surface area contributed by atoms with Crippen LogP contribution in [0.4, 0.5) is 5.69 Å². The molecular formula is C12H15NO. The number of fused-ring (bicyclic) bond motifs is 1. The van der Waals surface area contributed by atoms with Crippen LogP contribution in [-0.2, 0) is 11.2 Å². The van der Waals surface area contributed by atoms with E-state index in [0.29, 0.717) is 6.42 Å². The van der Waals surface area contributed by atoms with Gasteiger partial charge in [-0.15, -0.1) is 0 Å². The van der Waals surface area contributed by atoms with E-state index in [0.717, 1.165) is 12.1 Å². The van der Waals surface area contributed by atoms with Crippen molar-refractivity contribution in [3.8, 4) is 0 Å². The van der Waals surface area contributed by atoms with Crippen LogP contribution in [0.15, 0.2) is 12.1 Å². The van der Waals surface area contributed by atoms with Crippen LogP contribution in [0, 0.1) is 13.8 Å². The average Bonchev–Trinajstić information content (AvgIpc) is 2.17. The van der Waals surface area contributed by atoms with Gasteiger partial charge in [0.15, 0.2) is 0 Å². The molecule has 0 radical (unpaired) electrons. The lowest BCUT2D eigenvalue weighted by atomic mass is 9.94. The summed E-state index contributed by atoms with van der Waals surface area (Å²) in [5.41, 5.74) is 5.07. The van der Waals surface area contributed by atoms with Gasteiger partial charge >= 0.3 is 0 Å². The van der Waals surface area contributed by atoms with Gasteiger partial charge < -0.3 is 4.90 Å². The molecule has 0 atom stereocenters. The minimum absolute atomic E-state index is 0.223. The highest BCUT2D eigenvalue weighted by Crippen LogP contribution is 2.30. The third-order valence-corrected chi connectivity index (χ3v) is 3.17. The first-order valence-electron chi connectivity index (χ1n) is 4.97. The lowest BCUT2D eigenvalue weighted by Crippen LogP contribution is -2.31. The molecule has 0 aromatic heterocycles. The maximum Gasteiger partial charge on any atom is 0.227 e. The number of hydrogen-bond acceptors (Lipinski definition) is 1. The maximum absolute atomic E-state index is 11.5. The van der Waals surface area contributed by atoms with Gasteiger partial charge in [-0.1, -0.05) is 6.07 Å². The Morgan fingerprint density at radius 1 is 1.21 bits per heavy atom. The first-order chi connectivity index (χ1) is 6.61. The van der Waals surface area contributed by atoms with Crippen LogP contribution in [-0.4, -0.2) is 13.0 Å². The van der Waals surface area contributed by atoms with E-state index in [9.17, 15) is 4.79 Å². The largest absolute Gasteiger partial charge is 0.315 e. The van der Waals surface area contributed by atoms with Gasteiger partial charge in [0.2, 0.25) is 5.91 Å². The fourth-order valence-corrected chi connectivity index (χ4v) is 2.02. The van der Waals surface area contributed by atoms with Gasteiger partial charge in [-0.3, -0.25) is 4.79 Å². The molecule has 1 heterocycles. The zero-order valence-electron chi connectivity index (χ0n) is 8.92. The third-order valence-electron chi connectivity index (χ3n) is 3.17. The zero-order chi connectivity index (χ0) is 10.3. The van der Waals surface area contributed by atoms with Crippen molar-refractivity contribution in [2.75, 3.05) is 11.9 Å². The van der Waals surface area contributed by atoms with Crippen molar-refractivity contribution < 1.29 is 4.79 Å². The second kappa shape index (κ2) is 3.12. The molecule has 14 heavy (non-hydrogen) atoms. The molecule has 2 nitrogen and oxygen atoms in total. The lowest BCUT2D eigenvalue weighted by molar-refractivity contribution is -0.118. The highest BCUT2D eigenvalue weighted by Gasteiger charge is 2.22. The third kappa shape index (κ3) is 1.22. The number of amides is 1. The average molecular weight is 189 g/mol. The minimum atomic E-state index is 0.223. The van der Waals surface area contributed by atoms with Gasteiger partial charge in [0.25, 0.3) is 0 Å². The van der Waals surface area contributed by atoms with Crippen LogP contribution < -0.4 is 4.90 Å². The highest BCUT2D eigenvalue weighted by atomic mass is 16.2. The smallest absolute Gasteiger partial charge is 0.227 e. The summed E-state index contributed by atoms with van der Waals surface area (Å²) >= 11 is 0. The van der Waals surface area contributed by atoms with Crippen LogP contribution in [0.3, 0.4) is 0 Å². The summed E-state index contributed by atoms with van der Waals surface area (Å²) in [6.07, 6.45) is 1.54. The van der Waals surface area contributed by atoms with Gasteiger partial charge in [0.1, 0.15) is 0 Å². The minimum Gasteiger partial charge on any atom is -0.315 e. The highest BCUT2D eigenvalue weighted by molar-refractivity contribution is 5.96. The molecule has 1 aromatic carbocycles. The molecule has 0 aliphatic carbocycles. The molecule has 0 saturated heterocycles. The molecule has 1 aliphatic heterocycles. The van der Waals surface area contributed by atoms with Crippen LogP contribution >= 0.6 is 0 Å². The molecule has 1 aromatic rings. The lowest BCUT2D eigenvalue weighted by Gasteiger charge is -2.27. The Hall–Kier alpha value is -1.31. The fraction of sp³-hybridized carbons (Fsp3) is 0.417. The van der Waals surface area contributed by atoms with Crippen molar-refractivity contribution in [1.29, 1.82) is 0 Å². The fourth-order valence-electron chi connectivity index (χ4n) is 2.02. The predicted octanol–water partition coefficient (Wildman–Crippen LogP) is 2.21. The standard InChI is InChI=1S/C12H15NO/c1-8-4-6-11-10(9(8)2)5-7-12(14)13(11)3/h4,6H,5,7H2,1-3H3. The SMILES string of the molecule is Cc1ccc2c(c1C)CCC(=O)N2C. The van der Waals surface area contributed by atoms with Crippen molar-refractivity contribution in [2.24, 2.45) is 0 Å². The second-order valence-corrected chi connectivity index (χ2v) is 3.96. The number of anilines is 1. The summed E-state index contributed by atoms with van der Waals surface area (Å²) in [5, 5.41) is 0. The Kier molecular flexibility index (Phi) is 2.06. The summed E-state index contributed by atoms with van der Waals surface area (Å²) in [7, 11) is 1.86. The van der Waals surface area contributed by atoms with Crippen LogP contribution in [0.25, 0.3) is 0 Å². The van der Waals surface area contributed by atoms with E-state index >= 15 is 0 Å². The number of aryl methyl sites for hydroxylation is 1. The van der Waals surface area contributed by atoms with E-state index in [1.165, 1.54) is 16.7 Å². The van der Waals surface area contributed by atoms with E-state index in [4.69, 9.17) is 0 Å². The molecule has 1 aliphatic rings. The molecular weight excluding hydrogens is 174 g/mol. The van der Waals surface area contributed by atoms with Crippen molar-refractivity contribution in [3.05, 3.63) is 28.8 Å². The first-order valence-corrected chi connectivity index (χ1v) is 4.97. The molecule has 2 heteroatoms. The summed E-state index contributed by atoms with van der Waals surface area (Å²) in [4.78, 5) is 13.2. The quantitative estimate of drug-likeness (QED) is 0.612. The van der Waals surface area contributed by atoms with Gasteiger partial charge in [0, 0.05) is 19.2 Å². The van der Waals surface area contributed by atoms with Gasteiger partial charge in [0.05, 0.1) is 0 Å². The van der Waals surface area contributed by atoms with Crippen LogP contribution in [0.5, 0.6) is 0 Å². The van der Waals surface area contributed by atoms with E-state index in [2.05, 4.69) is 26.0 Å². The number of hydrogen-bond donors (Lipinski definition) is 0. The Bertz CT molecular complexity index is 396. The van der Waals surface area contributed by atoms with Gasteiger partial charge in [-0.2, -0.15) is 0 Å². The molecule has 74 valence electrons. The number of rotatable bonds is 0. The van der Waals surface area contributed by atoms with Crippen LogP contribution in [0.1, 0.15) is 23.1 Å².